The van der Waals surface area contributed by atoms with Crippen molar-refractivity contribution in [1.82, 2.24) is 24.8 Å². The highest BCUT2D eigenvalue weighted by molar-refractivity contribution is 5.89. The third-order valence-electron chi connectivity index (χ3n) is 4.64. The number of aromatic nitrogens is 5. The van der Waals surface area contributed by atoms with Crippen molar-refractivity contribution in [2.24, 2.45) is 0 Å². The maximum absolute atomic E-state index is 11.6. The van der Waals surface area contributed by atoms with Crippen LogP contribution in [0.2, 0.25) is 0 Å². The minimum atomic E-state index is -0.400. The topological polar surface area (TPSA) is 98.6 Å². The first-order valence-corrected chi connectivity index (χ1v) is 9.22. The lowest BCUT2D eigenvalue weighted by atomic mass is 10.1. The molecule has 4 rings (SSSR count). The highest BCUT2D eigenvalue weighted by atomic mass is 16.5. The molecule has 0 radical (unpaired) electrons. The number of nitrogens with zero attached hydrogens (tertiary/aromatic N) is 6. The van der Waals surface area contributed by atoms with Crippen molar-refractivity contribution in [1.29, 1.82) is 5.26 Å². The highest BCUT2D eigenvalue weighted by Crippen LogP contribution is 2.20. The Kier molecular flexibility index (Phi) is 5.09. The van der Waals surface area contributed by atoms with Crippen LogP contribution in [-0.2, 0) is 11.3 Å². The second-order valence-electron chi connectivity index (χ2n) is 6.78. The number of nitriles is 1. The first-order chi connectivity index (χ1) is 14.6. The van der Waals surface area contributed by atoms with Gasteiger partial charge < -0.3 is 4.74 Å². The van der Waals surface area contributed by atoms with E-state index in [1.807, 2.05) is 31.2 Å². The van der Waals surface area contributed by atoms with Crippen LogP contribution in [0.3, 0.4) is 0 Å². The number of ether oxygens (including phenoxy) is 1. The van der Waals surface area contributed by atoms with E-state index in [9.17, 15) is 10.1 Å². The van der Waals surface area contributed by atoms with Gasteiger partial charge in [0.05, 0.1) is 25.4 Å². The summed E-state index contributed by atoms with van der Waals surface area (Å²) >= 11 is 0. The number of hydrogen-bond acceptors (Lipinski definition) is 6. The van der Waals surface area contributed by atoms with Gasteiger partial charge in [-0.1, -0.05) is 47.2 Å². The fourth-order valence-corrected chi connectivity index (χ4v) is 3.02. The Bertz CT molecular complexity index is 1230. The number of carbonyl (C=O) groups is 1. The van der Waals surface area contributed by atoms with Crippen molar-refractivity contribution in [3.63, 3.8) is 0 Å². The van der Waals surface area contributed by atoms with Crippen LogP contribution in [0.4, 0.5) is 0 Å². The first kappa shape index (κ1) is 19.1. The van der Waals surface area contributed by atoms with Crippen LogP contribution in [-0.4, -0.2) is 37.9 Å². The lowest BCUT2D eigenvalue weighted by Crippen LogP contribution is -2.03. The van der Waals surface area contributed by atoms with Crippen molar-refractivity contribution in [3.8, 4) is 23.1 Å². The molecule has 0 aliphatic carbocycles. The summed E-state index contributed by atoms with van der Waals surface area (Å²) in [7, 11) is 1.34. The molecule has 0 fully saturated rings. The van der Waals surface area contributed by atoms with Crippen LogP contribution in [0, 0.1) is 18.3 Å². The molecular weight excluding hydrogens is 380 g/mol. The van der Waals surface area contributed by atoms with E-state index in [4.69, 9.17) is 4.74 Å². The molecule has 8 nitrogen and oxygen atoms in total. The van der Waals surface area contributed by atoms with Gasteiger partial charge in [-0.25, -0.2) is 4.79 Å². The molecule has 0 bridgehead atoms. The smallest absolute Gasteiger partial charge is 0.337 e. The molecule has 8 heteroatoms. The zero-order valence-electron chi connectivity index (χ0n) is 16.5. The Hall–Kier alpha value is -4.25. The highest BCUT2D eigenvalue weighted by Gasteiger charge is 2.14. The minimum absolute atomic E-state index is 0.400. The summed E-state index contributed by atoms with van der Waals surface area (Å²) < 4.78 is 7.90. The third-order valence-corrected chi connectivity index (χ3v) is 4.64. The number of carbonyl (C=O) groups excluding carboxylic acids is 1. The predicted octanol–water partition coefficient (Wildman–Crippen LogP) is 3.15. The second kappa shape index (κ2) is 8.01. The molecule has 148 valence electrons. The van der Waals surface area contributed by atoms with E-state index in [2.05, 4.69) is 21.5 Å². The second-order valence-corrected chi connectivity index (χ2v) is 6.78. The average Bonchev–Trinajstić information content (AvgIpc) is 3.42. The molecule has 4 aromatic rings. The molecule has 2 aromatic heterocycles. The largest absolute Gasteiger partial charge is 0.465 e. The summed E-state index contributed by atoms with van der Waals surface area (Å²) in [5, 5.41) is 22.3. The van der Waals surface area contributed by atoms with Gasteiger partial charge in [0, 0.05) is 11.8 Å². The lowest BCUT2D eigenvalue weighted by Gasteiger charge is -2.02. The average molecular weight is 398 g/mol. The molecule has 0 saturated heterocycles. The van der Waals surface area contributed by atoms with Crippen molar-refractivity contribution in [2.75, 3.05) is 7.11 Å². The van der Waals surface area contributed by atoms with Gasteiger partial charge in [0.2, 0.25) is 0 Å². The zero-order valence-corrected chi connectivity index (χ0v) is 16.5. The van der Waals surface area contributed by atoms with Crippen LogP contribution in [0.25, 0.3) is 17.1 Å². The molecule has 0 amide bonds. The molecule has 2 heterocycles. The summed E-state index contributed by atoms with van der Waals surface area (Å²) in [4.78, 5) is 11.6. The van der Waals surface area contributed by atoms with E-state index in [0.717, 1.165) is 11.1 Å². The van der Waals surface area contributed by atoms with Crippen molar-refractivity contribution in [2.45, 2.75) is 13.5 Å². The van der Waals surface area contributed by atoms with Crippen molar-refractivity contribution in [3.05, 3.63) is 83.2 Å². The van der Waals surface area contributed by atoms with Crippen LogP contribution in [0.1, 0.15) is 27.0 Å². The molecule has 0 aliphatic heterocycles. The maximum atomic E-state index is 11.6. The zero-order chi connectivity index (χ0) is 21.1. The van der Waals surface area contributed by atoms with Gasteiger partial charge in [0.15, 0.2) is 5.82 Å². The predicted molar refractivity (Wildman–Crippen MR) is 109 cm³/mol. The maximum Gasteiger partial charge on any atom is 0.337 e. The van der Waals surface area contributed by atoms with Gasteiger partial charge >= 0.3 is 5.97 Å². The minimum Gasteiger partial charge on any atom is -0.465 e. The monoisotopic (exact) mass is 398 g/mol. The van der Waals surface area contributed by atoms with E-state index in [0.29, 0.717) is 29.2 Å². The summed E-state index contributed by atoms with van der Waals surface area (Å²) in [6, 6.07) is 17.2. The first-order valence-electron chi connectivity index (χ1n) is 9.22. The fourth-order valence-electron chi connectivity index (χ4n) is 3.02. The quantitative estimate of drug-likeness (QED) is 0.479. The summed E-state index contributed by atoms with van der Waals surface area (Å²) in [5.74, 6) is 0.0116. The van der Waals surface area contributed by atoms with Crippen LogP contribution >= 0.6 is 0 Å². The van der Waals surface area contributed by atoms with Crippen LogP contribution in [0.5, 0.6) is 0 Å². The van der Waals surface area contributed by atoms with Gasteiger partial charge in [-0.05, 0) is 24.6 Å². The molecule has 30 heavy (non-hydrogen) atoms. The van der Waals surface area contributed by atoms with Gasteiger partial charge in [-0.15, -0.1) is 5.10 Å². The molecule has 0 saturated carbocycles. The normalized spacial score (nSPS) is 10.6. The van der Waals surface area contributed by atoms with E-state index >= 15 is 0 Å². The number of hydrogen-bond donors (Lipinski definition) is 0. The summed E-state index contributed by atoms with van der Waals surface area (Å²) in [6.07, 6.45) is 3.40. The van der Waals surface area contributed by atoms with Crippen LogP contribution < -0.4 is 0 Å². The standard InChI is InChI=1S/C22H18N6O2/c1-15-3-5-16(6-4-15)12-27-13-19(11-23)21(25-27)28-14-20(24-26-28)17-7-9-18(10-8-17)22(29)30-2/h3-10,13-14H,12H2,1-2H3. The number of benzene rings is 2. The number of methoxy groups -OCH3 is 1. The van der Waals surface area contributed by atoms with E-state index in [1.165, 1.54) is 17.4 Å². The molecule has 0 aliphatic rings. The van der Waals surface area contributed by atoms with E-state index in [-0.39, 0.29) is 0 Å². The van der Waals surface area contributed by atoms with Crippen LogP contribution in [0.15, 0.2) is 60.9 Å². The fraction of sp³-hybridized carbons (Fsp3) is 0.136. The Morgan fingerprint density at radius 3 is 2.50 bits per heavy atom. The Morgan fingerprint density at radius 1 is 1.10 bits per heavy atom. The molecular formula is C22H18N6O2. The van der Waals surface area contributed by atoms with E-state index in [1.54, 1.807) is 41.3 Å². The summed E-state index contributed by atoms with van der Waals surface area (Å²) in [5.41, 5.74) is 4.52. The van der Waals surface area contributed by atoms with Crippen molar-refractivity contribution < 1.29 is 9.53 Å². The Balaban J connectivity index is 1.59. The lowest BCUT2D eigenvalue weighted by molar-refractivity contribution is 0.0601. The molecule has 2 aromatic carbocycles. The van der Waals surface area contributed by atoms with Crippen molar-refractivity contribution >= 4 is 5.97 Å². The molecule has 0 atom stereocenters. The SMILES string of the molecule is COC(=O)c1ccc(-c2cn(-c3nn(Cc4ccc(C)cc4)cc3C#N)nn2)cc1. The van der Waals surface area contributed by atoms with E-state index < -0.39 is 5.97 Å². The van der Waals surface area contributed by atoms with Gasteiger partial charge in [-0.2, -0.15) is 15.0 Å². The van der Waals surface area contributed by atoms with Gasteiger partial charge in [0.25, 0.3) is 0 Å². The molecule has 0 unspecified atom stereocenters. The third kappa shape index (κ3) is 3.82. The summed E-state index contributed by atoms with van der Waals surface area (Å²) in [6.45, 7) is 2.58. The molecule has 0 spiro atoms. The van der Waals surface area contributed by atoms with Gasteiger partial charge in [0.1, 0.15) is 17.3 Å². The Labute approximate surface area is 172 Å². The number of rotatable bonds is 5. The number of aryl methyl sites for hydroxylation is 1. The molecule has 0 N–H and O–H groups in total. The number of esters is 1. The van der Waals surface area contributed by atoms with Gasteiger partial charge in [-0.3, -0.25) is 4.68 Å². The Morgan fingerprint density at radius 2 is 1.83 bits per heavy atom.